The highest BCUT2D eigenvalue weighted by molar-refractivity contribution is 8.00. The molecule has 124 valence electrons. The van der Waals surface area contributed by atoms with Gasteiger partial charge in [0.2, 0.25) is 11.9 Å². The second kappa shape index (κ2) is 7.05. The van der Waals surface area contributed by atoms with Crippen molar-refractivity contribution < 1.29 is 13.9 Å². The van der Waals surface area contributed by atoms with Crippen LogP contribution in [0.4, 0.5) is 5.95 Å². The Morgan fingerprint density at radius 2 is 2.22 bits per heavy atom. The predicted octanol–water partition coefficient (Wildman–Crippen LogP) is 0.722. The lowest BCUT2D eigenvalue weighted by Gasteiger charge is -2.27. The third kappa shape index (κ3) is 3.67. The molecule has 2 aromatic heterocycles. The van der Waals surface area contributed by atoms with Crippen molar-refractivity contribution in [2.45, 2.75) is 23.9 Å². The summed E-state index contributed by atoms with van der Waals surface area (Å²) in [7, 11) is 0. The highest BCUT2D eigenvalue weighted by Crippen LogP contribution is 2.27. The summed E-state index contributed by atoms with van der Waals surface area (Å²) < 4.78 is 12.8. The van der Waals surface area contributed by atoms with E-state index in [2.05, 4.69) is 15.1 Å². The van der Waals surface area contributed by atoms with E-state index in [1.807, 2.05) is 16.7 Å². The van der Waals surface area contributed by atoms with Crippen LogP contribution in [-0.4, -0.2) is 52.2 Å². The molecule has 0 unspecified atom stereocenters. The summed E-state index contributed by atoms with van der Waals surface area (Å²) in [4.78, 5) is 13.5. The minimum Gasteiger partial charge on any atom is -0.467 e. The van der Waals surface area contributed by atoms with Crippen molar-refractivity contribution in [1.29, 1.82) is 0 Å². The molecule has 2 aromatic rings. The summed E-state index contributed by atoms with van der Waals surface area (Å²) in [5.41, 5.74) is 5.36. The molecule has 23 heavy (non-hydrogen) atoms. The summed E-state index contributed by atoms with van der Waals surface area (Å²) in [6, 6.07) is 3.74. The molecule has 0 radical (unpaired) electrons. The summed E-state index contributed by atoms with van der Waals surface area (Å²) in [6.45, 7) is 5.09. The third-order valence-electron chi connectivity index (χ3n) is 3.57. The topological polar surface area (TPSA) is 99.4 Å². The fourth-order valence-corrected chi connectivity index (χ4v) is 3.07. The van der Waals surface area contributed by atoms with E-state index in [9.17, 15) is 4.79 Å². The van der Waals surface area contributed by atoms with Crippen LogP contribution in [0, 0.1) is 0 Å². The molecule has 2 N–H and O–H groups in total. The van der Waals surface area contributed by atoms with Crippen molar-refractivity contribution in [2.75, 3.05) is 31.2 Å². The zero-order valence-corrected chi connectivity index (χ0v) is 13.7. The van der Waals surface area contributed by atoms with Gasteiger partial charge in [0, 0.05) is 13.1 Å². The molecule has 1 amide bonds. The Balaban J connectivity index is 1.88. The smallest absolute Gasteiger partial charge is 0.230 e. The van der Waals surface area contributed by atoms with Gasteiger partial charge >= 0.3 is 0 Å². The van der Waals surface area contributed by atoms with Gasteiger partial charge in [-0.05, 0) is 19.1 Å². The number of furan rings is 1. The van der Waals surface area contributed by atoms with Crippen LogP contribution in [0.3, 0.4) is 0 Å². The minimum absolute atomic E-state index is 0.379. The van der Waals surface area contributed by atoms with Crippen molar-refractivity contribution in [3.05, 3.63) is 24.2 Å². The molecular formula is C14H19N5O3S. The number of primary amides is 1. The monoisotopic (exact) mass is 337 g/mol. The van der Waals surface area contributed by atoms with Gasteiger partial charge in [0.15, 0.2) is 5.16 Å². The molecule has 0 bridgehead atoms. The van der Waals surface area contributed by atoms with E-state index in [-0.39, 0.29) is 11.2 Å². The summed E-state index contributed by atoms with van der Waals surface area (Å²) in [5.74, 6) is 1.17. The fraction of sp³-hybridized carbons (Fsp3) is 0.500. The van der Waals surface area contributed by atoms with Gasteiger partial charge < -0.3 is 19.8 Å². The molecule has 0 spiro atoms. The van der Waals surface area contributed by atoms with Crippen molar-refractivity contribution >= 4 is 23.6 Å². The Morgan fingerprint density at radius 3 is 2.87 bits per heavy atom. The molecule has 3 heterocycles. The fourth-order valence-electron chi connectivity index (χ4n) is 2.28. The Kier molecular flexibility index (Phi) is 4.87. The number of aromatic nitrogens is 3. The number of hydrogen-bond donors (Lipinski definition) is 1. The maximum absolute atomic E-state index is 11.3. The molecule has 0 aromatic carbocycles. The lowest BCUT2D eigenvalue weighted by molar-refractivity contribution is -0.117. The second-order valence-corrected chi connectivity index (χ2v) is 6.52. The molecule has 0 aliphatic carbocycles. The number of carbonyl (C=O) groups is 1. The molecular weight excluding hydrogens is 318 g/mol. The number of rotatable bonds is 6. The molecule has 1 saturated heterocycles. The Morgan fingerprint density at radius 1 is 1.43 bits per heavy atom. The zero-order chi connectivity index (χ0) is 16.2. The van der Waals surface area contributed by atoms with E-state index >= 15 is 0 Å². The van der Waals surface area contributed by atoms with Gasteiger partial charge in [-0.3, -0.25) is 9.36 Å². The van der Waals surface area contributed by atoms with Crippen LogP contribution >= 0.6 is 11.8 Å². The number of ether oxygens (including phenoxy) is 1. The van der Waals surface area contributed by atoms with E-state index in [4.69, 9.17) is 14.9 Å². The van der Waals surface area contributed by atoms with Crippen LogP contribution in [0.2, 0.25) is 0 Å². The first kappa shape index (κ1) is 15.9. The minimum atomic E-state index is -0.382. The normalized spacial score (nSPS) is 16.5. The number of thioether (sulfide) groups is 1. The highest BCUT2D eigenvalue weighted by Gasteiger charge is 2.23. The lowest BCUT2D eigenvalue weighted by Crippen LogP contribution is -2.38. The van der Waals surface area contributed by atoms with Crippen molar-refractivity contribution in [3.63, 3.8) is 0 Å². The Hall–Kier alpha value is -2.00. The van der Waals surface area contributed by atoms with E-state index in [0.29, 0.717) is 24.9 Å². The predicted molar refractivity (Wildman–Crippen MR) is 85.4 cm³/mol. The number of nitrogens with two attached hydrogens (primary N) is 1. The number of anilines is 1. The highest BCUT2D eigenvalue weighted by atomic mass is 32.2. The van der Waals surface area contributed by atoms with Gasteiger partial charge in [-0.2, -0.15) is 0 Å². The maximum Gasteiger partial charge on any atom is 0.230 e. The van der Waals surface area contributed by atoms with Crippen molar-refractivity contribution in [1.82, 2.24) is 14.8 Å². The number of morpholine rings is 1. The molecule has 8 nitrogen and oxygen atoms in total. The van der Waals surface area contributed by atoms with E-state index in [1.165, 1.54) is 11.8 Å². The Labute approximate surface area is 138 Å². The van der Waals surface area contributed by atoms with E-state index in [0.717, 1.165) is 24.8 Å². The SMILES string of the molecule is C[C@@H](Sc1nnc(N2CCOCC2)n1Cc1ccco1)C(N)=O. The quantitative estimate of drug-likeness (QED) is 0.775. The molecule has 3 rings (SSSR count). The summed E-state index contributed by atoms with van der Waals surface area (Å²) in [6.07, 6.45) is 1.63. The number of amides is 1. The average molecular weight is 337 g/mol. The molecule has 9 heteroatoms. The van der Waals surface area contributed by atoms with Crippen LogP contribution < -0.4 is 10.6 Å². The molecule has 1 fully saturated rings. The van der Waals surface area contributed by atoms with Crippen LogP contribution in [0.1, 0.15) is 12.7 Å². The van der Waals surface area contributed by atoms with Gasteiger partial charge in [-0.1, -0.05) is 11.8 Å². The molecule has 1 aliphatic rings. The van der Waals surface area contributed by atoms with Crippen molar-refractivity contribution in [2.24, 2.45) is 5.73 Å². The van der Waals surface area contributed by atoms with Gasteiger partial charge in [0.1, 0.15) is 5.76 Å². The van der Waals surface area contributed by atoms with Crippen LogP contribution in [0.5, 0.6) is 0 Å². The first-order chi connectivity index (χ1) is 11.1. The summed E-state index contributed by atoms with van der Waals surface area (Å²) in [5, 5.41) is 8.80. The summed E-state index contributed by atoms with van der Waals surface area (Å²) >= 11 is 1.30. The third-order valence-corrected chi connectivity index (χ3v) is 4.67. The van der Waals surface area contributed by atoms with E-state index in [1.54, 1.807) is 13.2 Å². The van der Waals surface area contributed by atoms with Gasteiger partial charge in [-0.25, -0.2) is 0 Å². The van der Waals surface area contributed by atoms with Crippen molar-refractivity contribution in [3.8, 4) is 0 Å². The van der Waals surface area contributed by atoms with E-state index < -0.39 is 0 Å². The maximum atomic E-state index is 11.3. The lowest BCUT2D eigenvalue weighted by atomic mass is 10.4. The standard InChI is InChI=1S/C14H19N5O3S/c1-10(12(15)20)23-14-17-16-13(18-4-7-21-8-5-18)19(14)9-11-3-2-6-22-11/h2-3,6,10H,4-5,7-9H2,1H3,(H2,15,20)/t10-/m1/s1. The van der Waals surface area contributed by atoms with Crippen LogP contribution in [-0.2, 0) is 16.1 Å². The molecule has 1 atom stereocenters. The first-order valence-corrected chi connectivity index (χ1v) is 8.27. The van der Waals surface area contributed by atoms with Gasteiger partial charge in [-0.15, -0.1) is 10.2 Å². The molecule has 1 aliphatic heterocycles. The van der Waals surface area contributed by atoms with Crippen LogP contribution in [0.15, 0.2) is 28.0 Å². The van der Waals surface area contributed by atoms with Gasteiger partial charge in [0.25, 0.3) is 0 Å². The number of carbonyl (C=O) groups excluding carboxylic acids is 1. The zero-order valence-electron chi connectivity index (χ0n) is 12.8. The first-order valence-electron chi connectivity index (χ1n) is 7.39. The average Bonchev–Trinajstić information content (AvgIpc) is 3.19. The number of hydrogen-bond acceptors (Lipinski definition) is 7. The molecule has 0 saturated carbocycles. The second-order valence-electron chi connectivity index (χ2n) is 5.21. The van der Waals surface area contributed by atoms with Gasteiger partial charge in [0.05, 0.1) is 31.3 Å². The Bertz CT molecular complexity index is 651. The number of nitrogens with zero attached hydrogens (tertiary/aromatic N) is 4. The largest absolute Gasteiger partial charge is 0.467 e. The van der Waals surface area contributed by atoms with Crippen LogP contribution in [0.25, 0.3) is 0 Å².